The van der Waals surface area contributed by atoms with Gasteiger partial charge in [-0.15, -0.1) is 0 Å². The molecule has 1 fully saturated rings. The summed E-state index contributed by atoms with van der Waals surface area (Å²) in [6, 6.07) is 11.8. The van der Waals surface area contributed by atoms with Crippen molar-refractivity contribution in [2.45, 2.75) is 18.7 Å². The Balaban J connectivity index is 1.70. The number of likely N-dealkylation sites (N-methyl/N-ethyl adjacent to an activating group) is 1. The second-order valence-electron chi connectivity index (χ2n) is 7.49. The van der Waals surface area contributed by atoms with Gasteiger partial charge < -0.3 is 9.47 Å². The summed E-state index contributed by atoms with van der Waals surface area (Å²) in [5, 5.41) is 0. The Bertz CT molecular complexity index is 837. The van der Waals surface area contributed by atoms with Crippen molar-refractivity contribution in [2.75, 3.05) is 39.8 Å². The summed E-state index contributed by atoms with van der Waals surface area (Å²) in [7, 11) is 0.745. The number of aromatic nitrogens is 1. The van der Waals surface area contributed by atoms with Gasteiger partial charge in [-0.25, -0.2) is 13.1 Å². The van der Waals surface area contributed by atoms with Gasteiger partial charge in [0.25, 0.3) is 0 Å². The summed E-state index contributed by atoms with van der Waals surface area (Å²) in [5.74, 6) is 0.00980. The standard InChI is InChI=1S/C20H30N4O2S/c1-17-6-8-18(9-7-17)16-27(25,26)21-15-20(19-5-4-10-23(19)3)24-13-11-22(2)12-14-24/h4-10,20-21H,11-16H2,1-3H3. The molecule has 0 aliphatic carbocycles. The molecule has 0 saturated carbocycles. The van der Waals surface area contributed by atoms with E-state index in [4.69, 9.17) is 0 Å². The molecular formula is C20H30N4O2S. The van der Waals surface area contributed by atoms with Crippen LogP contribution in [0.25, 0.3) is 0 Å². The lowest BCUT2D eigenvalue weighted by molar-refractivity contribution is 0.109. The van der Waals surface area contributed by atoms with Crippen LogP contribution in [0.5, 0.6) is 0 Å². The molecule has 1 N–H and O–H groups in total. The fourth-order valence-electron chi connectivity index (χ4n) is 3.54. The molecule has 1 aromatic carbocycles. The first kappa shape index (κ1) is 20.1. The van der Waals surface area contributed by atoms with Crippen LogP contribution in [-0.2, 0) is 22.8 Å². The number of benzene rings is 1. The summed E-state index contributed by atoms with van der Waals surface area (Å²) >= 11 is 0. The predicted octanol–water partition coefficient (Wildman–Crippen LogP) is 1.74. The second kappa shape index (κ2) is 8.56. The van der Waals surface area contributed by atoms with Crippen LogP contribution in [0.1, 0.15) is 22.9 Å². The highest BCUT2D eigenvalue weighted by Gasteiger charge is 2.27. The smallest absolute Gasteiger partial charge is 0.215 e. The minimum Gasteiger partial charge on any atom is -0.353 e. The minimum atomic E-state index is -3.39. The molecular weight excluding hydrogens is 360 g/mol. The number of hydrogen-bond donors (Lipinski definition) is 1. The summed E-state index contributed by atoms with van der Waals surface area (Å²) in [6.45, 7) is 6.25. The number of nitrogens with one attached hydrogen (secondary N) is 1. The quantitative estimate of drug-likeness (QED) is 0.782. The third kappa shape index (κ3) is 5.42. The first-order chi connectivity index (χ1) is 12.8. The van der Waals surface area contributed by atoms with Crippen molar-refractivity contribution >= 4 is 10.0 Å². The lowest BCUT2D eigenvalue weighted by atomic mass is 10.1. The Morgan fingerprint density at radius 1 is 1.04 bits per heavy atom. The summed E-state index contributed by atoms with van der Waals surface area (Å²) in [4.78, 5) is 4.68. The highest BCUT2D eigenvalue weighted by atomic mass is 32.2. The van der Waals surface area contributed by atoms with Gasteiger partial charge in [0.2, 0.25) is 10.0 Å². The third-order valence-corrected chi connectivity index (χ3v) is 6.60. The van der Waals surface area contributed by atoms with Crippen molar-refractivity contribution in [1.82, 2.24) is 19.1 Å². The number of hydrogen-bond acceptors (Lipinski definition) is 4. The van der Waals surface area contributed by atoms with E-state index in [1.807, 2.05) is 50.5 Å². The molecule has 0 spiro atoms. The van der Waals surface area contributed by atoms with Gasteiger partial charge in [0.05, 0.1) is 11.8 Å². The molecule has 7 heteroatoms. The van der Waals surface area contributed by atoms with Crippen LogP contribution >= 0.6 is 0 Å². The molecule has 6 nitrogen and oxygen atoms in total. The Labute approximate surface area is 162 Å². The van der Waals surface area contributed by atoms with E-state index in [1.165, 1.54) is 0 Å². The lowest BCUT2D eigenvalue weighted by Gasteiger charge is -2.38. The van der Waals surface area contributed by atoms with E-state index in [0.717, 1.165) is 43.0 Å². The maximum Gasteiger partial charge on any atom is 0.215 e. The van der Waals surface area contributed by atoms with Gasteiger partial charge in [-0.3, -0.25) is 4.90 Å². The van der Waals surface area contributed by atoms with Crippen LogP contribution in [0.2, 0.25) is 0 Å². The number of sulfonamides is 1. The number of aryl methyl sites for hydroxylation is 2. The molecule has 1 aromatic heterocycles. The SMILES string of the molecule is Cc1ccc(CS(=O)(=O)NCC(c2cccn2C)N2CCN(C)CC2)cc1. The minimum absolute atomic E-state index is 0.00980. The number of nitrogens with zero attached hydrogens (tertiary/aromatic N) is 3. The van der Waals surface area contributed by atoms with Gasteiger partial charge in [0, 0.05) is 51.7 Å². The van der Waals surface area contributed by atoms with Crippen molar-refractivity contribution in [3.63, 3.8) is 0 Å². The van der Waals surface area contributed by atoms with E-state index in [1.54, 1.807) is 0 Å². The van der Waals surface area contributed by atoms with Gasteiger partial charge in [0.15, 0.2) is 0 Å². The van der Waals surface area contributed by atoms with Crippen LogP contribution in [0, 0.1) is 6.92 Å². The average molecular weight is 391 g/mol. The number of piperazine rings is 1. The molecule has 0 amide bonds. The van der Waals surface area contributed by atoms with Crippen LogP contribution in [-0.4, -0.2) is 62.6 Å². The fourth-order valence-corrected chi connectivity index (χ4v) is 4.68. The zero-order valence-corrected chi connectivity index (χ0v) is 17.2. The highest BCUT2D eigenvalue weighted by molar-refractivity contribution is 7.88. The van der Waals surface area contributed by atoms with E-state index in [2.05, 4.69) is 32.2 Å². The van der Waals surface area contributed by atoms with Gasteiger partial charge in [-0.2, -0.15) is 0 Å². The predicted molar refractivity (Wildman–Crippen MR) is 109 cm³/mol. The van der Waals surface area contributed by atoms with Gasteiger partial charge in [-0.05, 0) is 31.7 Å². The molecule has 3 rings (SSSR count). The van der Waals surface area contributed by atoms with E-state index >= 15 is 0 Å². The zero-order valence-electron chi connectivity index (χ0n) is 16.4. The number of rotatable bonds is 7. The van der Waals surface area contributed by atoms with Gasteiger partial charge in [-0.1, -0.05) is 29.8 Å². The fraction of sp³-hybridized carbons (Fsp3) is 0.500. The monoisotopic (exact) mass is 390 g/mol. The molecule has 1 unspecified atom stereocenters. The summed E-state index contributed by atoms with van der Waals surface area (Å²) < 4.78 is 30.2. The molecule has 2 aromatic rings. The first-order valence-electron chi connectivity index (χ1n) is 9.41. The van der Waals surface area contributed by atoms with Crippen LogP contribution < -0.4 is 4.72 Å². The lowest BCUT2D eigenvalue weighted by Crippen LogP contribution is -2.49. The van der Waals surface area contributed by atoms with Crippen molar-refractivity contribution < 1.29 is 8.42 Å². The largest absolute Gasteiger partial charge is 0.353 e. The summed E-state index contributed by atoms with van der Waals surface area (Å²) in [6.07, 6.45) is 2.01. The van der Waals surface area contributed by atoms with E-state index in [9.17, 15) is 8.42 Å². The maximum atomic E-state index is 12.6. The third-order valence-electron chi connectivity index (χ3n) is 5.28. The van der Waals surface area contributed by atoms with Gasteiger partial charge in [0.1, 0.15) is 0 Å². The van der Waals surface area contributed by atoms with E-state index in [-0.39, 0.29) is 11.8 Å². The van der Waals surface area contributed by atoms with Crippen molar-refractivity contribution in [2.24, 2.45) is 7.05 Å². The van der Waals surface area contributed by atoms with Crippen LogP contribution in [0.4, 0.5) is 0 Å². The molecule has 1 saturated heterocycles. The molecule has 0 radical (unpaired) electrons. The second-order valence-corrected chi connectivity index (χ2v) is 9.30. The Hall–Kier alpha value is -1.67. The zero-order chi connectivity index (χ0) is 19.4. The Morgan fingerprint density at radius 3 is 2.30 bits per heavy atom. The molecule has 27 heavy (non-hydrogen) atoms. The highest BCUT2D eigenvalue weighted by Crippen LogP contribution is 2.22. The van der Waals surface area contributed by atoms with Crippen molar-refractivity contribution in [1.29, 1.82) is 0 Å². The summed E-state index contributed by atoms with van der Waals surface area (Å²) in [5.41, 5.74) is 3.07. The Kier molecular flexibility index (Phi) is 6.37. The first-order valence-corrected chi connectivity index (χ1v) is 11.1. The van der Waals surface area contributed by atoms with Crippen LogP contribution in [0.3, 0.4) is 0 Å². The molecule has 148 valence electrons. The molecule has 1 aliphatic rings. The van der Waals surface area contributed by atoms with E-state index in [0.29, 0.717) is 6.54 Å². The normalized spacial score (nSPS) is 17.9. The van der Waals surface area contributed by atoms with Crippen LogP contribution in [0.15, 0.2) is 42.6 Å². The van der Waals surface area contributed by atoms with Crippen molar-refractivity contribution in [3.05, 3.63) is 59.4 Å². The average Bonchev–Trinajstić information content (AvgIpc) is 3.04. The topological polar surface area (TPSA) is 57.6 Å². The Morgan fingerprint density at radius 2 is 1.70 bits per heavy atom. The van der Waals surface area contributed by atoms with Gasteiger partial charge >= 0.3 is 0 Å². The van der Waals surface area contributed by atoms with E-state index < -0.39 is 10.0 Å². The molecule has 0 bridgehead atoms. The molecule has 1 atom stereocenters. The molecule has 2 heterocycles. The van der Waals surface area contributed by atoms with Crippen molar-refractivity contribution in [3.8, 4) is 0 Å². The molecule has 1 aliphatic heterocycles. The maximum absolute atomic E-state index is 12.6.